The van der Waals surface area contributed by atoms with Gasteiger partial charge in [-0.15, -0.1) is 0 Å². The molecule has 2 aliphatic rings. The van der Waals surface area contributed by atoms with Crippen molar-refractivity contribution < 1.29 is 0 Å². The topological polar surface area (TPSA) is 15.3 Å². The van der Waals surface area contributed by atoms with Crippen LogP contribution in [0.15, 0.2) is 12.1 Å². The number of aryl methyl sites for hydroxylation is 2. The van der Waals surface area contributed by atoms with E-state index in [1.54, 1.807) is 0 Å². The number of fused-ring (bicyclic) bond motifs is 1. The summed E-state index contributed by atoms with van der Waals surface area (Å²) in [7, 11) is 0. The van der Waals surface area contributed by atoms with E-state index in [-0.39, 0.29) is 0 Å². The van der Waals surface area contributed by atoms with Gasteiger partial charge in [0, 0.05) is 24.8 Å². The molecule has 0 saturated carbocycles. The van der Waals surface area contributed by atoms with Crippen molar-refractivity contribution in [1.29, 1.82) is 0 Å². The Labute approximate surface area is 117 Å². The molecule has 2 heteroatoms. The minimum absolute atomic E-state index is 0.618. The van der Waals surface area contributed by atoms with Gasteiger partial charge in [-0.3, -0.25) is 0 Å². The molecule has 2 atom stereocenters. The summed E-state index contributed by atoms with van der Waals surface area (Å²) >= 11 is 0. The Morgan fingerprint density at radius 1 is 1.16 bits per heavy atom. The molecule has 0 radical (unpaired) electrons. The maximum absolute atomic E-state index is 3.64. The fourth-order valence-corrected chi connectivity index (χ4v) is 3.83. The van der Waals surface area contributed by atoms with Gasteiger partial charge in [-0.05, 0) is 61.4 Å². The second-order valence-corrected chi connectivity index (χ2v) is 6.66. The number of rotatable bonds is 2. The number of hydrogen-bond donors (Lipinski definition) is 1. The zero-order chi connectivity index (χ0) is 13.6. The molecule has 0 unspecified atom stereocenters. The van der Waals surface area contributed by atoms with E-state index in [4.69, 9.17) is 0 Å². The molecule has 0 aliphatic carbocycles. The van der Waals surface area contributed by atoms with Crippen LogP contribution >= 0.6 is 0 Å². The van der Waals surface area contributed by atoms with E-state index < -0.39 is 0 Å². The van der Waals surface area contributed by atoms with Crippen molar-refractivity contribution in [2.24, 2.45) is 5.92 Å². The van der Waals surface area contributed by atoms with E-state index in [0.717, 1.165) is 12.0 Å². The summed E-state index contributed by atoms with van der Waals surface area (Å²) < 4.78 is 0. The first-order valence-electron chi connectivity index (χ1n) is 7.65. The number of nitrogens with one attached hydrogen (secondary N) is 1. The Morgan fingerprint density at radius 2 is 1.95 bits per heavy atom. The van der Waals surface area contributed by atoms with Crippen LogP contribution in [0, 0.1) is 19.8 Å². The molecule has 1 N–H and O–H groups in total. The van der Waals surface area contributed by atoms with Gasteiger partial charge in [0.1, 0.15) is 0 Å². The van der Waals surface area contributed by atoms with Crippen molar-refractivity contribution in [3.63, 3.8) is 0 Å². The van der Waals surface area contributed by atoms with Gasteiger partial charge in [-0.1, -0.05) is 19.9 Å². The van der Waals surface area contributed by atoms with Crippen molar-refractivity contribution in [3.05, 3.63) is 28.8 Å². The molecule has 2 aliphatic heterocycles. The first-order valence-corrected chi connectivity index (χ1v) is 7.65. The minimum Gasteiger partial charge on any atom is -0.369 e. The Kier molecular flexibility index (Phi) is 3.30. The highest BCUT2D eigenvalue weighted by atomic mass is 15.2. The highest BCUT2D eigenvalue weighted by Crippen LogP contribution is 2.33. The SMILES string of the molecule is Cc1cc(N2C[C@@H]3CCN[C@@H]3C2)c(C)cc1C(C)C. The summed E-state index contributed by atoms with van der Waals surface area (Å²) in [5.41, 5.74) is 5.84. The smallest absolute Gasteiger partial charge is 0.0399 e. The van der Waals surface area contributed by atoms with E-state index >= 15 is 0 Å². The third-order valence-electron chi connectivity index (χ3n) is 4.91. The molecule has 0 aromatic heterocycles. The summed E-state index contributed by atoms with van der Waals surface area (Å²) in [5, 5.41) is 3.64. The van der Waals surface area contributed by atoms with Crippen LogP contribution < -0.4 is 10.2 Å². The van der Waals surface area contributed by atoms with E-state index in [0.29, 0.717) is 5.92 Å². The minimum atomic E-state index is 0.618. The lowest BCUT2D eigenvalue weighted by atomic mass is 9.95. The molecule has 0 spiro atoms. The molecule has 0 bridgehead atoms. The Balaban J connectivity index is 1.87. The zero-order valence-electron chi connectivity index (χ0n) is 12.7. The summed E-state index contributed by atoms with van der Waals surface area (Å²) in [4.78, 5) is 2.59. The molecule has 3 rings (SSSR count). The maximum atomic E-state index is 3.64. The van der Waals surface area contributed by atoms with E-state index in [1.807, 2.05) is 0 Å². The van der Waals surface area contributed by atoms with Gasteiger partial charge in [0.05, 0.1) is 0 Å². The molecule has 2 nitrogen and oxygen atoms in total. The van der Waals surface area contributed by atoms with Crippen LogP contribution in [-0.4, -0.2) is 25.7 Å². The quantitative estimate of drug-likeness (QED) is 0.876. The zero-order valence-corrected chi connectivity index (χ0v) is 12.7. The van der Waals surface area contributed by atoms with Crippen LogP contribution in [0.4, 0.5) is 5.69 Å². The number of benzene rings is 1. The van der Waals surface area contributed by atoms with Crippen LogP contribution in [0.1, 0.15) is 42.9 Å². The van der Waals surface area contributed by atoms with Gasteiger partial charge >= 0.3 is 0 Å². The predicted octanol–water partition coefficient (Wildman–Crippen LogP) is 3.22. The van der Waals surface area contributed by atoms with Crippen molar-refractivity contribution in [3.8, 4) is 0 Å². The first-order chi connectivity index (χ1) is 9.06. The van der Waals surface area contributed by atoms with Gasteiger partial charge in [-0.2, -0.15) is 0 Å². The Hall–Kier alpha value is -1.02. The van der Waals surface area contributed by atoms with Crippen LogP contribution in [0.25, 0.3) is 0 Å². The lowest BCUT2D eigenvalue weighted by Gasteiger charge is -2.24. The van der Waals surface area contributed by atoms with Gasteiger partial charge in [0.25, 0.3) is 0 Å². The molecule has 0 amide bonds. The van der Waals surface area contributed by atoms with Crippen LogP contribution in [-0.2, 0) is 0 Å². The fraction of sp³-hybridized carbons (Fsp3) is 0.647. The third-order valence-corrected chi connectivity index (χ3v) is 4.91. The summed E-state index contributed by atoms with van der Waals surface area (Å²) in [5.74, 6) is 1.48. The van der Waals surface area contributed by atoms with E-state index in [9.17, 15) is 0 Å². The van der Waals surface area contributed by atoms with Gasteiger partial charge in [0.15, 0.2) is 0 Å². The highest BCUT2D eigenvalue weighted by Gasteiger charge is 2.36. The van der Waals surface area contributed by atoms with Crippen molar-refractivity contribution in [2.45, 2.75) is 46.1 Å². The molecule has 2 fully saturated rings. The summed E-state index contributed by atoms with van der Waals surface area (Å²) in [6.45, 7) is 12.7. The molecular weight excluding hydrogens is 232 g/mol. The molecule has 19 heavy (non-hydrogen) atoms. The van der Waals surface area contributed by atoms with Gasteiger partial charge < -0.3 is 10.2 Å². The molecule has 2 heterocycles. The van der Waals surface area contributed by atoms with Crippen molar-refractivity contribution >= 4 is 5.69 Å². The monoisotopic (exact) mass is 258 g/mol. The molecular formula is C17H26N2. The van der Waals surface area contributed by atoms with Crippen molar-refractivity contribution in [2.75, 3.05) is 24.5 Å². The lowest BCUT2D eigenvalue weighted by molar-refractivity contribution is 0.556. The van der Waals surface area contributed by atoms with E-state index in [1.165, 1.54) is 48.4 Å². The largest absolute Gasteiger partial charge is 0.369 e. The molecule has 104 valence electrons. The predicted molar refractivity (Wildman–Crippen MR) is 82.1 cm³/mol. The summed E-state index contributed by atoms with van der Waals surface area (Å²) in [6, 6.07) is 5.53. The average molecular weight is 258 g/mol. The van der Waals surface area contributed by atoms with Crippen LogP contribution in [0.2, 0.25) is 0 Å². The first kappa shape index (κ1) is 13.0. The maximum Gasteiger partial charge on any atom is 0.0399 e. The average Bonchev–Trinajstić information content (AvgIpc) is 2.91. The number of nitrogens with zero attached hydrogens (tertiary/aromatic N) is 1. The summed E-state index contributed by atoms with van der Waals surface area (Å²) in [6.07, 6.45) is 1.35. The normalized spacial score (nSPS) is 26.3. The van der Waals surface area contributed by atoms with Crippen molar-refractivity contribution in [1.82, 2.24) is 5.32 Å². The second kappa shape index (κ2) is 4.82. The number of anilines is 1. The fourth-order valence-electron chi connectivity index (χ4n) is 3.83. The molecule has 1 aromatic rings. The highest BCUT2D eigenvalue weighted by molar-refractivity contribution is 5.58. The third kappa shape index (κ3) is 2.27. The Bertz CT molecular complexity index is 466. The molecule has 1 aromatic carbocycles. The van der Waals surface area contributed by atoms with Gasteiger partial charge in [-0.25, -0.2) is 0 Å². The standard InChI is InChI=1S/C17H26N2/c1-11(2)15-7-13(4)17(8-12(15)3)19-9-14-5-6-18-16(14)10-19/h7-8,11,14,16,18H,5-6,9-10H2,1-4H3/t14-,16+/m0/s1. The number of hydrogen-bond acceptors (Lipinski definition) is 2. The van der Waals surface area contributed by atoms with Gasteiger partial charge in [0.2, 0.25) is 0 Å². The lowest BCUT2D eigenvalue weighted by Crippen LogP contribution is -2.30. The van der Waals surface area contributed by atoms with E-state index in [2.05, 4.69) is 50.0 Å². The second-order valence-electron chi connectivity index (χ2n) is 6.66. The van der Waals surface area contributed by atoms with Crippen LogP contribution in [0.5, 0.6) is 0 Å². The van der Waals surface area contributed by atoms with Crippen LogP contribution in [0.3, 0.4) is 0 Å². The Morgan fingerprint density at radius 3 is 2.63 bits per heavy atom. The molecule has 2 saturated heterocycles.